The van der Waals surface area contributed by atoms with Gasteiger partial charge in [0.15, 0.2) is 0 Å². The van der Waals surface area contributed by atoms with Crippen LogP contribution in [0.15, 0.2) is 36.4 Å². The lowest BCUT2D eigenvalue weighted by Gasteiger charge is -2.05. The molecule has 3 nitrogen and oxygen atoms in total. The molecule has 0 aliphatic rings. The molecule has 0 aliphatic carbocycles. The number of hydrogen-bond acceptors (Lipinski definition) is 2. The van der Waals surface area contributed by atoms with Crippen LogP contribution in [-0.4, -0.2) is 14.7 Å². The highest BCUT2D eigenvalue weighted by Crippen LogP contribution is 2.20. The van der Waals surface area contributed by atoms with Crippen LogP contribution >= 0.6 is 0 Å². The summed E-state index contributed by atoms with van der Waals surface area (Å²) in [6, 6.07) is 11.6. The maximum atomic E-state index is 11.1. The Balaban J connectivity index is 0.00000144. The summed E-state index contributed by atoms with van der Waals surface area (Å²) in [4.78, 5) is 0. The molecule has 0 aliphatic heterocycles. The summed E-state index contributed by atoms with van der Waals surface area (Å²) in [6.07, 6.45) is 1.15. The summed E-state index contributed by atoms with van der Waals surface area (Å²) in [5.41, 5.74) is 1.79. The number of aryl methyl sites for hydroxylation is 1. The predicted molar refractivity (Wildman–Crippen MR) is 69.3 cm³/mol. The number of fused-ring (bicyclic) bond motifs is 1. The monoisotopic (exact) mass is 237 g/mol. The molecule has 0 saturated carbocycles. The zero-order valence-electron chi connectivity index (χ0n) is 9.19. The molecule has 0 aromatic heterocycles. The van der Waals surface area contributed by atoms with Crippen LogP contribution in [0.3, 0.4) is 0 Å². The Labute approximate surface area is 96.6 Å². The minimum Gasteiger partial charge on any atom is -0.284 e. The summed E-state index contributed by atoms with van der Waals surface area (Å²) >= 11 is 0. The molecule has 0 fully saturated rings. The van der Waals surface area contributed by atoms with Gasteiger partial charge in [-0.2, -0.15) is 0 Å². The second-order valence-corrected chi connectivity index (χ2v) is 5.69. The maximum absolute atomic E-state index is 11.1. The average molecular weight is 237 g/mol. The van der Waals surface area contributed by atoms with Gasteiger partial charge in [-0.05, 0) is 29.8 Å². The minimum absolute atomic E-state index is 0. The lowest BCUT2D eigenvalue weighted by molar-refractivity contribution is 0.607. The molecular formula is C12H15NO2S. The molecule has 86 valence electrons. The molecular weight excluding hydrogens is 222 g/mol. The van der Waals surface area contributed by atoms with Gasteiger partial charge in [-0.1, -0.05) is 29.8 Å². The Hall–Kier alpha value is -1.55. The molecule has 0 spiro atoms. The maximum Gasteiger partial charge on any atom is 0.229 e. The topological polar surface area (TPSA) is 46.2 Å². The van der Waals surface area contributed by atoms with Gasteiger partial charge in [0.1, 0.15) is 0 Å². The highest BCUT2D eigenvalue weighted by Gasteiger charge is 2.02. The third-order valence-corrected chi connectivity index (χ3v) is 2.91. The van der Waals surface area contributed by atoms with E-state index in [0.29, 0.717) is 5.69 Å². The summed E-state index contributed by atoms with van der Waals surface area (Å²) < 4.78 is 24.6. The molecule has 2 aromatic rings. The molecule has 1 N–H and O–H groups in total. The van der Waals surface area contributed by atoms with Crippen LogP contribution in [-0.2, 0) is 10.0 Å². The standard InChI is InChI=1S/C12H13NO2S.H2/c1-9-3-4-11-8-12(13-16(2,14)15)6-5-10(11)7-9;/h3-8,13H,1-2H3;1H. The average Bonchev–Trinajstić information content (AvgIpc) is 2.16. The summed E-state index contributed by atoms with van der Waals surface area (Å²) in [5, 5.41) is 2.14. The number of nitrogens with one attached hydrogen (secondary N) is 1. The molecule has 0 bridgehead atoms. The van der Waals surface area contributed by atoms with Crippen LogP contribution in [0, 0.1) is 6.92 Å². The van der Waals surface area contributed by atoms with Crippen molar-refractivity contribution in [2.75, 3.05) is 11.0 Å². The number of anilines is 1. The molecule has 2 rings (SSSR count). The lowest BCUT2D eigenvalue weighted by atomic mass is 10.1. The Morgan fingerprint density at radius 3 is 2.38 bits per heavy atom. The van der Waals surface area contributed by atoms with E-state index in [1.54, 1.807) is 6.07 Å². The van der Waals surface area contributed by atoms with E-state index >= 15 is 0 Å². The van der Waals surface area contributed by atoms with Crippen LogP contribution < -0.4 is 4.72 Å². The van der Waals surface area contributed by atoms with Crippen LogP contribution in [0.5, 0.6) is 0 Å². The SMILES string of the molecule is Cc1ccc2cc(NS(C)(=O)=O)ccc2c1.[HH]. The van der Waals surface area contributed by atoms with Gasteiger partial charge in [0.25, 0.3) is 0 Å². The molecule has 2 aromatic carbocycles. The van der Waals surface area contributed by atoms with Crippen LogP contribution in [0.2, 0.25) is 0 Å². The van der Waals surface area contributed by atoms with E-state index in [9.17, 15) is 8.42 Å². The van der Waals surface area contributed by atoms with Crippen LogP contribution in [0.1, 0.15) is 6.99 Å². The van der Waals surface area contributed by atoms with Gasteiger partial charge < -0.3 is 0 Å². The molecule has 16 heavy (non-hydrogen) atoms. The van der Waals surface area contributed by atoms with Crippen molar-refractivity contribution in [3.8, 4) is 0 Å². The van der Waals surface area contributed by atoms with Crippen molar-refractivity contribution >= 4 is 26.5 Å². The zero-order chi connectivity index (χ0) is 11.8. The number of hydrogen-bond donors (Lipinski definition) is 1. The minimum atomic E-state index is -3.20. The Bertz CT molecular complexity index is 638. The quantitative estimate of drug-likeness (QED) is 0.873. The second kappa shape index (κ2) is 3.79. The predicted octanol–water partition coefficient (Wildman–Crippen LogP) is 2.77. The van der Waals surface area contributed by atoms with Gasteiger partial charge in [-0.25, -0.2) is 8.42 Å². The highest BCUT2D eigenvalue weighted by molar-refractivity contribution is 7.92. The fraction of sp³-hybridized carbons (Fsp3) is 0.167. The zero-order valence-corrected chi connectivity index (χ0v) is 10.0. The molecule has 4 heteroatoms. The summed E-state index contributed by atoms with van der Waals surface area (Å²) in [5.74, 6) is 0. The van der Waals surface area contributed by atoms with Gasteiger partial charge in [0.05, 0.1) is 6.26 Å². The molecule has 0 radical (unpaired) electrons. The fourth-order valence-corrected chi connectivity index (χ4v) is 2.20. The van der Waals surface area contributed by atoms with E-state index in [1.165, 1.54) is 5.56 Å². The molecule has 0 atom stereocenters. The summed E-state index contributed by atoms with van der Waals surface area (Å²) in [6.45, 7) is 2.03. The van der Waals surface area contributed by atoms with Gasteiger partial charge in [0, 0.05) is 7.11 Å². The molecule has 0 saturated heterocycles. The van der Waals surface area contributed by atoms with Crippen molar-refractivity contribution in [3.05, 3.63) is 42.0 Å². The normalized spacial score (nSPS) is 11.6. The highest BCUT2D eigenvalue weighted by atomic mass is 32.2. The van der Waals surface area contributed by atoms with Gasteiger partial charge in [-0.3, -0.25) is 4.72 Å². The molecule has 0 amide bonds. The smallest absolute Gasteiger partial charge is 0.229 e. The van der Waals surface area contributed by atoms with E-state index in [1.807, 2.05) is 31.2 Å². The van der Waals surface area contributed by atoms with Crippen LogP contribution in [0.4, 0.5) is 5.69 Å². The summed E-state index contributed by atoms with van der Waals surface area (Å²) in [7, 11) is -3.20. The van der Waals surface area contributed by atoms with E-state index in [0.717, 1.165) is 17.0 Å². The van der Waals surface area contributed by atoms with Gasteiger partial charge >= 0.3 is 0 Å². The number of rotatable bonds is 2. The fourth-order valence-electron chi connectivity index (χ4n) is 1.64. The van der Waals surface area contributed by atoms with Crippen molar-refractivity contribution < 1.29 is 9.84 Å². The first kappa shape index (κ1) is 11.0. The Kier molecular flexibility index (Phi) is 2.59. The van der Waals surface area contributed by atoms with Crippen LogP contribution in [0.25, 0.3) is 10.8 Å². The van der Waals surface area contributed by atoms with Crippen molar-refractivity contribution in [2.45, 2.75) is 6.92 Å². The van der Waals surface area contributed by atoms with E-state index < -0.39 is 10.0 Å². The van der Waals surface area contributed by atoms with E-state index in [4.69, 9.17) is 0 Å². The van der Waals surface area contributed by atoms with E-state index in [2.05, 4.69) is 10.8 Å². The lowest BCUT2D eigenvalue weighted by Crippen LogP contribution is -2.09. The number of benzene rings is 2. The Morgan fingerprint density at radius 1 is 1.06 bits per heavy atom. The van der Waals surface area contributed by atoms with E-state index in [-0.39, 0.29) is 1.43 Å². The van der Waals surface area contributed by atoms with Crippen molar-refractivity contribution in [1.29, 1.82) is 0 Å². The van der Waals surface area contributed by atoms with Crippen molar-refractivity contribution in [2.24, 2.45) is 0 Å². The van der Waals surface area contributed by atoms with Crippen molar-refractivity contribution in [1.82, 2.24) is 0 Å². The first-order valence-corrected chi connectivity index (χ1v) is 6.81. The molecule has 0 heterocycles. The first-order valence-electron chi connectivity index (χ1n) is 4.92. The Morgan fingerprint density at radius 2 is 1.69 bits per heavy atom. The van der Waals surface area contributed by atoms with Gasteiger partial charge in [0.2, 0.25) is 10.0 Å². The third kappa shape index (κ3) is 2.52. The first-order chi connectivity index (χ1) is 7.44. The van der Waals surface area contributed by atoms with Gasteiger partial charge in [-0.15, -0.1) is 0 Å². The number of sulfonamides is 1. The third-order valence-electron chi connectivity index (χ3n) is 2.30. The second-order valence-electron chi connectivity index (χ2n) is 3.94. The largest absolute Gasteiger partial charge is 0.284 e. The molecule has 0 unspecified atom stereocenters. The van der Waals surface area contributed by atoms with Crippen molar-refractivity contribution in [3.63, 3.8) is 0 Å².